The fraction of sp³-hybridized carbons (Fsp3) is 0.440. The molecule has 1 aliphatic heterocycles. The molecule has 1 saturated heterocycles. The van der Waals surface area contributed by atoms with E-state index in [9.17, 15) is 9.59 Å². The van der Waals surface area contributed by atoms with Gasteiger partial charge in [-0.15, -0.1) is 0 Å². The predicted octanol–water partition coefficient (Wildman–Crippen LogP) is 3.83. The molecule has 0 unspecified atom stereocenters. The van der Waals surface area contributed by atoms with Gasteiger partial charge in [-0.3, -0.25) is 9.59 Å². The monoisotopic (exact) mass is 407 g/mol. The lowest BCUT2D eigenvalue weighted by molar-refractivity contribution is -0.135. The van der Waals surface area contributed by atoms with Crippen LogP contribution in [0.5, 0.6) is 0 Å². The summed E-state index contributed by atoms with van der Waals surface area (Å²) in [6, 6.07) is 16.3. The van der Waals surface area contributed by atoms with Gasteiger partial charge in [-0.25, -0.2) is 0 Å². The minimum Gasteiger partial charge on any atom is -0.372 e. The van der Waals surface area contributed by atoms with Gasteiger partial charge < -0.3 is 15.1 Å². The van der Waals surface area contributed by atoms with Gasteiger partial charge in [0.25, 0.3) is 0 Å². The van der Waals surface area contributed by atoms with Crippen LogP contribution in [0, 0.1) is 13.8 Å². The molecule has 1 heterocycles. The third-order valence-corrected chi connectivity index (χ3v) is 5.76. The van der Waals surface area contributed by atoms with Crippen molar-refractivity contribution in [3.05, 3.63) is 65.2 Å². The topological polar surface area (TPSA) is 52.7 Å². The lowest BCUT2D eigenvalue weighted by atomic mass is 10.1. The molecule has 1 atom stereocenters. The Morgan fingerprint density at radius 3 is 2.60 bits per heavy atom. The van der Waals surface area contributed by atoms with Crippen LogP contribution in [0.2, 0.25) is 0 Å². The van der Waals surface area contributed by atoms with Crippen molar-refractivity contribution in [3.63, 3.8) is 0 Å². The predicted molar refractivity (Wildman–Crippen MR) is 121 cm³/mol. The fourth-order valence-corrected chi connectivity index (χ4v) is 3.99. The largest absolute Gasteiger partial charge is 0.372 e. The molecular weight excluding hydrogens is 374 g/mol. The normalized spacial score (nSPS) is 16.0. The zero-order valence-electron chi connectivity index (χ0n) is 18.4. The van der Waals surface area contributed by atoms with Crippen LogP contribution in [0.15, 0.2) is 48.5 Å². The van der Waals surface area contributed by atoms with E-state index in [1.165, 1.54) is 16.8 Å². The minimum absolute atomic E-state index is 0.0356. The summed E-state index contributed by atoms with van der Waals surface area (Å²) in [4.78, 5) is 29.1. The Kier molecular flexibility index (Phi) is 7.50. The molecule has 0 spiro atoms. The number of rotatable bonds is 9. The van der Waals surface area contributed by atoms with E-state index in [0.717, 1.165) is 25.1 Å². The summed E-state index contributed by atoms with van der Waals surface area (Å²) in [5.74, 6) is 0.0268. The molecule has 0 bridgehead atoms. The number of nitrogens with zero attached hydrogens (tertiary/aromatic N) is 2. The summed E-state index contributed by atoms with van der Waals surface area (Å²) < 4.78 is 0. The highest BCUT2D eigenvalue weighted by Crippen LogP contribution is 2.22. The van der Waals surface area contributed by atoms with Gasteiger partial charge in [-0.2, -0.15) is 0 Å². The Morgan fingerprint density at radius 1 is 1.13 bits per heavy atom. The average Bonchev–Trinajstić information content (AvgIpc) is 3.10. The second kappa shape index (κ2) is 10.3. The number of benzene rings is 2. The molecule has 2 aromatic rings. The van der Waals surface area contributed by atoms with Crippen molar-refractivity contribution in [1.82, 2.24) is 10.2 Å². The van der Waals surface area contributed by atoms with Crippen molar-refractivity contribution in [1.29, 1.82) is 0 Å². The SMILES string of the molecule is CCN(CCCNC(=O)[C@@H]1CCC(=O)N1Cc1ccc(C)cc1)c1cccc(C)c1. The van der Waals surface area contributed by atoms with Gasteiger partial charge >= 0.3 is 0 Å². The van der Waals surface area contributed by atoms with Gasteiger partial charge in [0.2, 0.25) is 11.8 Å². The Morgan fingerprint density at radius 2 is 1.90 bits per heavy atom. The van der Waals surface area contributed by atoms with Gasteiger partial charge in [0.05, 0.1) is 0 Å². The lowest BCUT2D eigenvalue weighted by Gasteiger charge is -2.25. The highest BCUT2D eigenvalue weighted by molar-refractivity contribution is 5.90. The van der Waals surface area contributed by atoms with Gasteiger partial charge in [0, 0.05) is 38.3 Å². The number of anilines is 1. The van der Waals surface area contributed by atoms with Crippen LogP contribution in [0.3, 0.4) is 0 Å². The quantitative estimate of drug-likeness (QED) is 0.643. The van der Waals surface area contributed by atoms with E-state index in [4.69, 9.17) is 0 Å². The highest BCUT2D eigenvalue weighted by atomic mass is 16.2. The maximum Gasteiger partial charge on any atom is 0.242 e. The Balaban J connectivity index is 1.49. The molecule has 0 aromatic heterocycles. The molecule has 2 aromatic carbocycles. The van der Waals surface area contributed by atoms with Crippen molar-refractivity contribution in [3.8, 4) is 0 Å². The van der Waals surface area contributed by atoms with Crippen molar-refractivity contribution < 1.29 is 9.59 Å². The first-order valence-electron chi connectivity index (χ1n) is 10.9. The molecule has 160 valence electrons. The second-order valence-electron chi connectivity index (χ2n) is 8.12. The molecule has 1 N–H and O–H groups in total. The zero-order valence-corrected chi connectivity index (χ0v) is 18.4. The number of carbonyl (C=O) groups excluding carboxylic acids is 2. The van der Waals surface area contributed by atoms with Crippen LogP contribution in [0.25, 0.3) is 0 Å². The average molecular weight is 408 g/mol. The first-order chi connectivity index (χ1) is 14.5. The van der Waals surface area contributed by atoms with E-state index in [-0.39, 0.29) is 17.9 Å². The molecule has 5 nitrogen and oxygen atoms in total. The molecule has 2 amide bonds. The Hall–Kier alpha value is -2.82. The van der Waals surface area contributed by atoms with Crippen LogP contribution in [-0.2, 0) is 16.1 Å². The Bertz CT molecular complexity index is 863. The summed E-state index contributed by atoms with van der Waals surface area (Å²) >= 11 is 0. The number of hydrogen-bond acceptors (Lipinski definition) is 3. The van der Waals surface area contributed by atoms with Crippen LogP contribution in [-0.4, -0.2) is 42.4 Å². The number of carbonyl (C=O) groups is 2. The first kappa shape index (κ1) is 21.9. The summed E-state index contributed by atoms with van der Waals surface area (Å²) in [5.41, 5.74) is 4.71. The summed E-state index contributed by atoms with van der Waals surface area (Å²) in [6.45, 7) is 9.21. The summed E-state index contributed by atoms with van der Waals surface area (Å²) in [5, 5.41) is 3.05. The second-order valence-corrected chi connectivity index (χ2v) is 8.12. The first-order valence-corrected chi connectivity index (χ1v) is 10.9. The number of nitrogens with one attached hydrogen (secondary N) is 1. The van der Waals surface area contributed by atoms with Crippen molar-refractivity contribution in [2.75, 3.05) is 24.5 Å². The number of amides is 2. The molecule has 0 radical (unpaired) electrons. The maximum absolute atomic E-state index is 12.8. The molecule has 30 heavy (non-hydrogen) atoms. The molecule has 1 aliphatic rings. The fourth-order valence-electron chi connectivity index (χ4n) is 3.99. The molecule has 0 aliphatic carbocycles. The van der Waals surface area contributed by atoms with Crippen LogP contribution in [0.4, 0.5) is 5.69 Å². The summed E-state index contributed by atoms with van der Waals surface area (Å²) in [6.07, 6.45) is 1.91. The van der Waals surface area contributed by atoms with Gasteiger partial charge in [-0.1, -0.05) is 42.0 Å². The number of hydrogen-bond donors (Lipinski definition) is 1. The van der Waals surface area contributed by atoms with Gasteiger partial charge in [0.1, 0.15) is 6.04 Å². The van der Waals surface area contributed by atoms with Crippen molar-refractivity contribution >= 4 is 17.5 Å². The van der Waals surface area contributed by atoms with E-state index in [1.54, 1.807) is 4.90 Å². The minimum atomic E-state index is -0.363. The van der Waals surface area contributed by atoms with Gasteiger partial charge in [-0.05, 0) is 56.9 Å². The van der Waals surface area contributed by atoms with E-state index < -0.39 is 0 Å². The molecular formula is C25H33N3O2. The number of aryl methyl sites for hydroxylation is 2. The van der Waals surface area contributed by atoms with Crippen LogP contribution >= 0.6 is 0 Å². The molecule has 5 heteroatoms. The van der Waals surface area contributed by atoms with E-state index in [2.05, 4.69) is 48.3 Å². The molecule has 1 fully saturated rings. The third kappa shape index (κ3) is 5.62. The third-order valence-electron chi connectivity index (χ3n) is 5.76. The van der Waals surface area contributed by atoms with Crippen molar-refractivity contribution in [2.45, 2.75) is 52.6 Å². The number of likely N-dealkylation sites (tertiary alicyclic amines) is 1. The van der Waals surface area contributed by atoms with E-state index >= 15 is 0 Å². The van der Waals surface area contributed by atoms with Gasteiger partial charge in [0.15, 0.2) is 0 Å². The molecule has 0 saturated carbocycles. The zero-order chi connectivity index (χ0) is 21.5. The van der Waals surface area contributed by atoms with Crippen molar-refractivity contribution in [2.24, 2.45) is 0 Å². The Labute approximate surface area is 180 Å². The summed E-state index contributed by atoms with van der Waals surface area (Å²) in [7, 11) is 0. The highest BCUT2D eigenvalue weighted by Gasteiger charge is 2.35. The maximum atomic E-state index is 12.8. The smallest absolute Gasteiger partial charge is 0.242 e. The van der Waals surface area contributed by atoms with E-state index in [0.29, 0.717) is 25.9 Å². The van der Waals surface area contributed by atoms with Crippen LogP contribution in [0.1, 0.15) is 42.9 Å². The van der Waals surface area contributed by atoms with Crippen LogP contribution < -0.4 is 10.2 Å². The molecule has 3 rings (SSSR count). The van der Waals surface area contributed by atoms with E-state index in [1.807, 2.05) is 31.2 Å². The standard InChI is InChI=1S/C25H33N3O2/c1-4-27(22-8-5-7-20(3)17-22)16-6-15-26-25(30)23-13-14-24(29)28(23)18-21-11-9-19(2)10-12-21/h5,7-12,17,23H,4,6,13-16,18H2,1-3H3,(H,26,30)/t23-/m0/s1. The lowest BCUT2D eigenvalue weighted by Crippen LogP contribution is -2.44.